The van der Waals surface area contributed by atoms with Gasteiger partial charge in [0.25, 0.3) is 5.91 Å². The number of thiazole rings is 1. The summed E-state index contributed by atoms with van der Waals surface area (Å²) in [6, 6.07) is 6.19. The molecule has 10 heteroatoms. The Balaban J connectivity index is 1.68. The number of hydrogen-bond acceptors (Lipinski definition) is 7. The zero-order chi connectivity index (χ0) is 19.0. The van der Waals surface area contributed by atoms with Gasteiger partial charge < -0.3 is 5.32 Å². The number of carbonyl (C=O) groups is 1. The molecule has 3 aromatic heterocycles. The number of halogens is 1. The molecule has 0 spiro atoms. The Hall–Kier alpha value is -2.72. The second kappa shape index (κ2) is 7.12. The number of nitrogens with zero attached hydrogens (tertiary/aromatic N) is 5. The van der Waals surface area contributed by atoms with Gasteiger partial charge in [0, 0.05) is 6.07 Å². The number of fused-ring (bicyclic) bond motifs is 1. The zero-order valence-corrected chi connectivity index (χ0v) is 16.2. The highest BCUT2D eigenvalue weighted by atomic mass is 32.1. The molecule has 0 aliphatic heterocycles. The van der Waals surface area contributed by atoms with Gasteiger partial charge >= 0.3 is 0 Å². The van der Waals surface area contributed by atoms with Gasteiger partial charge in [0.1, 0.15) is 16.5 Å². The fraction of sp³-hybridized carbons (Fsp3) is 0.235. The third kappa shape index (κ3) is 3.45. The van der Waals surface area contributed by atoms with Crippen molar-refractivity contribution >= 4 is 44.8 Å². The molecule has 0 atom stereocenters. The van der Waals surface area contributed by atoms with Crippen LogP contribution in [-0.2, 0) is 6.42 Å². The topological polar surface area (TPSA) is 85.6 Å². The van der Waals surface area contributed by atoms with Gasteiger partial charge in [-0.05, 0) is 43.1 Å². The second-order valence-corrected chi connectivity index (χ2v) is 7.71. The highest BCUT2D eigenvalue weighted by Gasteiger charge is 2.19. The third-order valence-electron chi connectivity index (χ3n) is 3.84. The molecule has 0 bridgehead atoms. The molecule has 1 aromatic carbocycles. The summed E-state index contributed by atoms with van der Waals surface area (Å²) >= 11 is 2.38. The largest absolute Gasteiger partial charge is 0.306 e. The summed E-state index contributed by atoms with van der Waals surface area (Å²) in [6.45, 7) is 3.85. The maximum atomic E-state index is 13.5. The first-order chi connectivity index (χ1) is 13.0. The minimum atomic E-state index is -0.316. The summed E-state index contributed by atoms with van der Waals surface area (Å²) in [5.41, 5.74) is 2.10. The molecule has 0 radical (unpaired) electrons. The van der Waals surface area contributed by atoms with E-state index >= 15 is 0 Å². The molecular formula is C17H15FN6OS2. The van der Waals surface area contributed by atoms with Crippen LogP contribution >= 0.6 is 22.9 Å². The first-order valence-corrected chi connectivity index (χ1v) is 9.90. The Kier molecular flexibility index (Phi) is 4.66. The minimum absolute atomic E-state index is 0.276. The smallest absolute Gasteiger partial charge is 0.270 e. The molecule has 0 aliphatic rings. The van der Waals surface area contributed by atoms with Crippen LogP contribution in [0.5, 0.6) is 0 Å². The van der Waals surface area contributed by atoms with Crippen LogP contribution in [0.1, 0.15) is 34.4 Å². The molecule has 27 heavy (non-hydrogen) atoms. The molecule has 0 saturated carbocycles. The third-order valence-corrected chi connectivity index (χ3v) is 5.60. The number of aryl methyl sites for hydroxylation is 2. The van der Waals surface area contributed by atoms with Gasteiger partial charge in [0.15, 0.2) is 0 Å². The number of rotatable bonds is 5. The molecule has 7 nitrogen and oxygen atoms in total. The molecular weight excluding hydrogens is 387 g/mol. The van der Waals surface area contributed by atoms with Crippen LogP contribution in [0.15, 0.2) is 24.3 Å². The molecule has 4 aromatic rings. The van der Waals surface area contributed by atoms with E-state index in [2.05, 4.69) is 25.0 Å². The number of nitrogens with one attached hydrogen (secondary N) is 1. The monoisotopic (exact) mass is 402 g/mol. The van der Waals surface area contributed by atoms with Gasteiger partial charge in [0.2, 0.25) is 5.13 Å². The van der Waals surface area contributed by atoms with Crippen molar-refractivity contribution in [1.82, 2.24) is 24.4 Å². The molecule has 1 N–H and O–H groups in total. The van der Waals surface area contributed by atoms with E-state index in [-0.39, 0.29) is 11.7 Å². The predicted octanol–water partition coefficient (Wildman–Crippen LogP) is 3.99. The molecule has 3 heterocycles. The standard InChI is InChI=1S/C17H15FN6OS2/c1-3-4-12-15(27-23-21-12)16(25)20-14-7-9(2)22-24(14)17-19-11-6-5-10(18)8-13(11)26-17/h5-8H,3-4H2,1-2H3,(H,20,25). The van der Waals surface area contributed by atoms with E-state index in [1.807, 2.05) is 13.8 Å². The van der Waals surface area contributed by atoms with E-state index in [0.717, 1.165) is 23.6 Å². The SMILES string of the molecule is CCCc1nnsc1C(=O)Nc1cc(C)nn1-c1nc2ccc(F)cc2s1. The normalized spacial score (nSPS) is 11.2. The lowest BCUT2D eigenvalue weighted by atomic mass is 10.2. The van der Waals surface area contributed by atoms with E-state index < -0.39 is 0 Å². The lowest BCUT2D eigenvalue weighted by molar-refractivity contribution is 0.102. The van der Waals surface area contributed by atoms with Gasteiger partial charge in [0.05, 0.1) is 21.6 Å². The van der Waals surface area contributed by atoms with Gasteiger partial charge in [-0.1, -0.05) is 29.2 Å². The highest BCUT2D eigenvalue weighted by Crippen LogP contribution is 2.28. The van der Waals surface area contributed by atoms with Crippen molar-refractivity contribution in [2.24, 2.45) is 0 Å². The molecule has 1 amide bonds. The minimum Gasteiger partial charge on any atom is -0.306 e. The Morgan fingerprint density at radius 2 is 2.19 bits per heavy atom. The number of benzene rings is 1. The highest BCUT2D eigenvalue weighted by molar-refractivity contribution is 7.20. The predicted molar refractivity (Wildman–Crippen MR) is 103 cm³/mol. The van der Waals surface area contributed by atoms with Crippen molar-refractivity contribution in [2.75, 3.05) is 5.32 Å². The van der Waals surface area contributed by atoms with Crippen LogP contribution in [0.25, 0.3) is 15.3 Å². The van der Waals surface area contributed by atoms with E-state index in [0.29, 0.717) is 38.2 Å². The molecule has 0 unspecified atom stereocenters. The summed E-state index contributed by atoms with van der Waals surface area (Å²) in [7, 11) is 0. The summed E-state index contributed by atoms with van der Waals surface area (Å²) in [5.74, 6) is -0.0985. The van der Waals surface area contributed by atoms with Crippen LogP contribution in [0.3, 0.4) is 0 Å². The molecule has 4 rings (SSSR count). The number of anilines is 1. The zero-order valence-electron chi connectivity index (χ0n) is 14.6. The fourth-order valence-corrected chi connectivity index (χ4v) is 4.23. The number of carbonyl (C=O) groups excluding carboxylic acids is 1. The van der Waals surface area contributed by atoms with E-state index in [4.69, 9.17) is 0 Å². The van der Waals surface area contributed by atoms with Crippen molar-refractivity contribution < 1.29 is 9.18 Å². The summed E-state index contributed by atoms with van der Waals surface area (Å²) < 4.78 is 19.6. The van der Waals surface area contributed by atoms with Crippen molar-refractivity contribution in [1.29, 1.82) is 0 Å². The quantitative estimate of drug-likeness (QED) is 0.546. The number of amides is 1. The average Bonchev–Trinajstić information content (AvgIpc) is 3.33. The number of hydrogen-bond donors (Lipinski definition) is 1. The summed E-state index contributed by atoms with van der Waals surface area (Å²) in [4.78, 5) is 17.7. The van der Waals surface area contributed by atoms with Crippen LogP contribution < -0.4 is 5.32 Å². The van der Waals surface area contributed by atoms with Crippen LogP contribution in [0.2, 0.25) is 0 Å². The van der Waals surface area contributed by atoms with Gasteiger partial charge in [-0.3, -0.25) is 4.79 Å². The van der Waals surface area contributed by atoms with Gasteiger partial charge in [-0.2, -0.15) is 9.78 Å². The maximum Gasteiger partial charge on any atom is 0.270 e. The van der Waals surface area contributed by atoms with E-state index in [1.54, 1.807) is 16.8 Å². The summed E-state index contributed by atoms with van der Waals surface area (Å²) in [5, 5.41) is 11.9. The Bertz CT molecular complexity index is 1130. The maximum absolute atomic E-state index is 13.5. The van der Waals surface area contributed by atoms with Crippen molar-refractivity contribution in [2.45, 2.75) is 26.7 Å². The van der Waals surface area contributed by atoms with Crippen molar-refractivity contribution in [3.05, 3.63) is 46.3 Å². The molecule has 138 valence electrons. The fourth-order valence-electron chi connectivity index (χ4n) is 2.67. The Morgan fingerprint density at radius 1 is 1.33 bits per heavy atom. The first kappa shape index (κ1) is 17.7. The molecule has 0 aliphatic carbocycles. The van der Waals surface area contributed by atoms with E-state index in [1.165, 1.54) is 23.5 Å². The lowest BCUT2D eigenvalue weighted by Crippen LogP contribution is -2.15. The second-order valence-electron chi connectivity index (χ2n) is 5.94. The van der Waals surface area contributed by atoms with Gasteiger partial charge in [-0.25, -0.2) is 9.37 Å². The van der Waals surface area contributed by atoms with Gasteiger partial charge in [-0.15, -0.1) is 5.10 Å². The Morgan fingerprint density at radius 3 is 3.00 bits per heavy atom. The Labute approximate surface area is 162 Å². The molecule has 0 fully saturated rings. The first-order valence-electron chi connectivity index (χ1n) is 8.31. The van der Waals surface area contributed by atoms with Crippen LogP contribution in [0.4, 0.5) is 10.2 Å². The lowest BCUT2D eigenvalue weighted by Gasteiger charge is -2.05. The molecule has 0 saturated heterocycles. The van der Waals surface area contributed by atoms with E-state index in [9.17, 15) is 9.18 Å². The van der Waals surface area contributed by atoms with Crippen LogP contribution in [-0.4, -0.2) is 30.3 Å². The number of aromatic nitrogens is 5. The van der Waals surface area contributed by atoms with Crippen molar-refractivity contribution in [3.63, 3.8) is 0 Å². The summed E-state index contributed by atoms with van der Waals surface area (Å²) in [6.07, 6.45) is 1.58. The average molecular weight is 402 g/mol. The van der Waals surface area contributed by atoms with Crippen molar-refractivity contribution in [3.8, 4) is 5.13 Å². The van der Waals surface area contributed by atoms with Crippen LogP contribution in [0, 0.1) is 12.7 Å².